The second-order valence-electron chi connectivity index (χ2n) is 9.85. The summed E-state index contributed by atoms with van der Waals surface area (Å²) in [6, 6.07) is 6.96. The van der Waals surface area contributed by atoms with E-state index in [2.05, 4.69) is 22.1 Å². The topological polar surface area (TPSA) is 85.5 Å². The highest BCUT2D eigenvalue weighted by Crippen LogP contribution is 2.36. The van der Waals surface area contributed by atoms with E-state index in [1.165, 1.54) is 6.42 Å². The molecule has 2 atom stereocenters. The van der Waals surface area contributed by atoms with Crippen molar-refractivity contribution in [2.24, 2.45) is 5.92 Å². The molecule has 0 unspecified atom stereocenters. The van der Waals surface area contributed by atoms with Gasteiger partial charge in [0.15, 0.2) is 0 Å². The number of hydrogen-bond acceptors (Lipinski definition) is 7. The molecule has 4 rings (SSSR count). The first kappa shape index (κ1) is 26.4. The minimum atomic E-state index is 0.357. The number of aromatic nitrogens is 2. The van der Waals surface area contributed by atoms with Gasteiger partial charge in [0, 0.05) is 50.1 Å². The third-order valence-corrected chi connectivity index (χ3v) is 7.65. The van der Waals surface area contributed by atoms with Crippen LogP contribution in [0.25, 0.3) is 11.3 Å². The number of pyridine rings is 2. The van der Waals surface area contributed by atoms with Crippen LogP contribution in [0, 0.1) is 5.92 Å². The largest absolute Gasteiger partial charge is 0.384 e. The van der Waals surface area contributed by atoms with Crippen LogP contribution in [-0.2, 0) is 9.47 Å². The third-order valence-electron chi connectivity index (χ3n) is 7.04. The Morgan fingerprint density at radius 3 is 2.71 bits per heavy atom. The summed E-state index contributed by atoms with van der Waals surface area (Å²) in [4.78, 5) is 11.6. The quantitative estimate of drug-likeness (QED) is 0.468. The van der Waals surface area contributed by atoms with Crippen LogP contribution in [0.5, 0.6) is 0 Å². The number of methoxy groups -OCH3 is 1. The Kier molecular flexibility index (Phi) is 9.47. The molecule has 3 N–H and O–H groups in total. The van der Waals surface area contributed by atoms with Crippen molar-refractivity contribution in [1.29, 1.82) is 0 Å². The fourth-order valence-corrected chi connectivity index (χ4v) is 5.73. The van der Waals surface area contributed by atoms with Crippen LogP contribution >= 0.6 is 23.2 Å². The molecule has 9 heteroatoms. The van der Waals surface area contributed by atoms with Gasteiger partial charge in [-0.25, -0.2) is 9.97 Å². The Morgan fingerprint density at radius 1 is 1.20 bits per heavy atom. The van der Waals surface area contributed by atoms with Crippen LogP contribution in [0.15, 0.2) is 24.4 Å². The van der Waals surface area contributed by atoms with E-state index in [1.54, 1.807) is 19.4 Å². The molecule has 0 radical (unpaired) electrons. The Balaban J connectivity index is 1.57. The van der Waals surface area contributed by atoms with Crippen molar-refractivity contribution in [1.82, 2.24) is 15.3 Å². The maximum absolute atomic E-state index is 6.59. The zero-order valence-electron chi connectivity index (χ0n) is 20.7. The maximum atomic E-state index is 6.59. The number of nitrogens with two attached hydrogens (primary N) is 1. The molecule has 0 bridgehead atoms. The number of ether oxygens (including phenoxy) is 2. The first-order valence-corrected chi connectivity index (χ1v) is 13.4. The van der Waals surface area contributed by atoms with Gasteiger partial charge in [-0.05, 0) is 69.6 Å². The lowest BCUT2D eigenvalue weighted by molar-refractivity contribution is 0.0561. The molecule has 1 saturated carbocycles. The number of hydrogen-bond donors (Lipinski definition) is 2. The minimum Gasteiger partial charge on any atom is -0.384 e. The predicted molar refractivity (Wildman–Crippen MR) is 143 cm³/mol. The average molecular weight is 523 g/mol. The summed E-state index contributed by atoms with van der Waals surface area (Å²) in [7, 11) is 1.75. The van der Waals surface area contributed by atoms with Crippen LogP contribution in [0.3, 0.4) is 0 Å². The number of rotatable bonds is 9. The molecule has 35 heavy (non-hydrogen) atoms. The summed E-state index contributed by atoms with van der Waals surface area (Å²) >= 11 is 13.0. The van der Waals surface area contributed by atoms with E-state index in [1.807, 2.05) is 12.1 Å². The number of anilines is 2. The summed E-state index contributed by atoms with van der Waals surface area (Å²) < 4.78 is 11.1. The van der Waals surface area contributed by atoms with Gasteiger partial charge in [0.1, 0.15) is 11.6 Å². The lowest BCUT2D eigenvalue weighted by Gasteiger charge is -2.41. The van der Waals surface area contributed by atoms with Gasteiger partial charge in [-0.15, -0.1) is 0 Å². The maximum Gasteiger partial charge on any atom is 0.129 e. The molecule has 0 amide bonds. The Labute approximate surface area is 218 Å². The molecule has 192 valence electrons. The highest BCUT2D eigenvalue weighted by Gasteiger charge is 2.30. The Bertz CT molecular complexity index is 965. The zero-order chi connectivity index (χ0) is 24.8. The van der Waals surface area contributed by atoms with Gasteiger partial charge in [0.05, 0.1) is 29.0 Å². The van der Waals surface area contributed by atoms with Gasteiger partial charge in [0.2, 0.25) is 0 Å². The van der Waals surface area contributed by atoms with Crippen molar-refractivity contribution in [3.8, 4) is 11.3 Å². The van der Waals surface area contributed by atoms with Crippen molar-refractivity contribution in [2.45, 2.75) is 63.6 Å². The highest BCUT2D eigenvalue weighted by atomic mass is 35.5. The first-order chi connectivity index (χ1) is 16.9. The molecular formula is C26H37Cl2N5O2. The molecule has 1 saturated heterocycles. The van der Waals surface area contributed by atoms with Crippen LogP contribution in [0.1, 0.15) is 45.4 Å². The molecule has 2 aromatic heterocycles. The van der Waals surface area contributed by atoms with Crippen molar-refractivity contribution < 1.29 is 9.47 Å². The van der Waals surface area contributed by atoms with Crippen molar-refractivity contribution in [3.05, 3.63) is 34.4 Å². The molecule has 2 aliphatic rings. The SMILES string of the molecule is COC[C@@H](C)NC1CCC(N(C[C@H]2CCCOC2)c2ccc(Cl)c(-c3cc(N)ncc3Cl)n2)CC1. The predicted octanol–water partition coefficient (Wildman–Crippen LogP) is 5.20. The van der Waals surface area contributed by atoms with Gasteiger partial charge < -0.3 is 25.4 Å². The van der Waals surface area contributed by atoms with Crippen molar-refractivity contribution >= 4 is 34.8 Å². The molecule has 1 aliphatic carbocycles. The van der Waals surface area contributed by atoms with Gasteiger partial charge >= 0.3 is 0 Å². The van der Waals surface area contributed by atoms with Crippen LogP contribution in [0.4, 0.5) is 11.6 Å². The molecule has 2 aromatic rings. The Hall–Kier alpha value is -1.64. The molecule has 3 heterocycles. The van der Waals surface area contributed by atoms with E-state index in [-0.39, 0.29) is 0 Å². The summed E-state index contributed by atoms with van der Waals surface area (Å²) in [5.74, 6) is 1.80. The van der Waals surface area contributed by atoms with Gasteiger partial charge in [-0.1, -0.05) is 23.2 Å². The minimum absolute atomic E-state index is 0.357. The van der Waals surface area contributed by atoms with Crippen molar-refractivity contribution in [3.63, 3.8) is 0 Å². The smallest absolute Gasteiger partial charge is 0.129 e. The fourth-order valence-electron chi connectivity index (χ4n) is 5.33. The normalized spacial score (nSPS) is 23.7. The molecule has 2 fully saturated rings. The lowest BCUT2D eigenvalue weighted by atomic mass is 9.88. The van der Waals surface area contributed by atoms with E-state index < -0.39 is 0 Å². The lowest BCUT2D eigenvalue weighted by Crippen LogP contribution is -2.47. The monoisotopic (exact) mass is 521 g/mol. The van der Waals surface area contributed by atoms with Gasteiger partial charge in [-0.2, -0.15) is 0 Å². The molecule has 1 aliphatic heterocycles. The second kappa shape index (κ2) is 12.5. The van der Waals surface area contributed by atoms with E-state index in [9.17, 15) is 0 Å². The molecular weight excluding hydrogens is 485 g/mol. The fraction of sp³-hybridized carbons (Fsp3) is 0.615. The van der Waals surface area contributed by atoms with E-state index in [4.69, 9.17) is 43.4 Å². The van der Waals surface area contributed by atoms with Crippen LogP contribution in [-0.4, -0.2) is 61.6 Å². The Morgan fingerprint density at radius 2 is 2.00 bits per heavy atom. The van der Waals surface area contributed by atoms with E-state index in [0.717, 1.165) is 64.3 Å². The summed E-state index contributed by atoms with van der Waals surface area (Å²) in [5, 5.41) is 4.75. The van der Waals surface area contributed by atoms with Crippen LogP contribution < -0.4 is 16.0 Å². The second-order valence-corrected chi connectivity index (χ2v) is 10.7. The van der Waals surface area contributed by atoms with E-state index >= 15 is 0 Å². The molecule has 0 aromatic carbocycles. The average Bonchev–Trinajstić information content (AvgIpc) is 2.86. The highest BCUT2D eigenvalue weighted by molar-refractivity contribution is 6.36. The molecule has 0 spiro atoms. The third kappa shape index (κ3) is 6.98. The van der Waals surface area contributed by atoms with Gasteiger partial charge in [0.25, 0.3) is 0 Å². The molecule has 7 nitrogen and oxygen atoms in total. The van der Waals surface area contributed by atoms with Crippen molar-refractivity contribution in [2.75, 3.05) is 44.1 Å². The van der Waals surface area contributed by atoms with Crippen LogP contribution in [0.2, 0.25) is 10.0 Å². The zero-order valence-corrected chi connectivity index (χ0v) is 22.2. The standard InChI is InChI=1S/C26H37Cl2N5O2/c1-17(15-34-2)31-19-5-7-20(8-6-19)33(14-18-4-3-11-35-16-18)25-10-9-22(27)26(32-25)21-12-24(29)30-13-23(21)28/h9-10,12-13,17-20,31H,3-8,11,14-16H2,1-2H3,(H2,29,30)/t17-,18-,19?,20?/m1/s1. The number of nitrogens with zero attached hydrogens (tertiary/aromatic N) is 3. The summed E-state index contributed by atoms with van der Waals surface area (Å²) in [6.45, 7) is 5.49. The number of halogens is 2. The number of nitrogen functional groups attached to an aromatic ring is 1. The first-order valence-electron chi connectivity index (χ1n) is 12.6. The number of nitrogens with one attached hydrogen (secondary N) is 1. The summed E-state index contributed by atoms with van der Waals surface area (Å²) in [6.07, 6.45) is 8.30. The van der Waals surface area contributed by atoms with Gasteiger partial charge in [-0.3, -0.25) is 0 Å². The summed E-state index contributed by atoms with van der Waals surface area (Å²) in [5.41, 5.74) is 7.28. The van der Waals surface area contributed by atoms with E-state index in [0.29, 0.717) is 51.2 Å².